The number of hydrogen-bond donors (Lipinski definition) is 1. The van der Waals surface area contributed by atoms with Gasteiger partial charge in [0.1, 0.15) is 18.2 Å². The summed E-state index contributed by atoms with van der Waals surface area (Å²) in [7, 11) is 1.80. The average Bonchev–Trinajstić information content (AvgIpc) is 2.61. The van der Waals surface area contributed by atoms with Crippen molar-refractivity contribution in [2.45, 2.75) is 13.5 Å². The van der Waals surface area contributed by atoms with Gasteiger partial charge in [0.05, 0.1) is 11.4 Å². The lowest BCUT2D eigenvalue weighted by molar-refractivity contribution is 0.305. The lowest BCUT2D eigenvalue weighted by Gasteiger charge is -2.19. The lowest BCUT2D eigenvalue weighted by atomic mass is 10.1. The maximum absolute atomic E-state index is 13.1. The standard InChI is InChI=1S/C20H20FN3O/c1-14-4-3-5-20(24(2)22)18(14)13-25-17-10-11-23-19(12-17)15-6-8-16(21)9-7-15/h3-12H,13,22H2,1-2H3. The monoisotopic (exact) mass is 337 g/mol. The third-order valence-corrected chi connectivity index (χ3v) is 4.02. The number of hydrazine groups is 1. The Hall–Kier alpha value is -2.92. The molecule has 2 N–H and O–H groups in total. The molecule has 0 spiro atoms. The second-order valence-electron chi connectivity index (χ2n) is 5.86. The van der Waals surface area contributed by atoms with Crippen molar-refractivity contribution in [2.24, 2.45) is 5.84 Å². The van der Waals surface area contributed by atoms with Gasteiger partial charge >= 0.3 is 0 Å². The summed E-state index contributed by atoms with van der Waals surface area (Å²) in [4.78, 5) is 4.33. The van der Waals surface area contributed by atoms with Crippen molar-refractivity contribution in [3.05, 3.63) is 77.7 Å². The number of aromatic nitrogens is 1. The normalized spacial score (nSPS) is 10.6. The van der Waals surface area contributed by atoms with Gasteiger partial charge < -0.3 is 9.75 Å². The van der Waals surface area contributed by atoms with Crippen LogP contribution in [0.4, 0.5) is 10.1 Å². The van der Waals surface area contributed by atoms with Crippen LogP contribution in [-0.4, -0.2) is 12.0 Å². The van der Waals surface area contributed by atoms with E-state index >= 15 is 0 Å². The van der Waals surface area contributed by atoms with E-state index in [0.717, 1.165) is 28.1 Å². The Balaban J connectivity index is 1.81. The number of nitrogens with two attached hydrogens (primary N) is 1. The van der Waals surface area contributed by atoms with Crippen LogP contribution in [0.3, 0.4) is 0 Å². The van der Waals surface area contributed by atoms with E-state index in [4.69, 9.17) is 10.6 Å². The molecule has 0 aliphatic carbocycles. The number of nitrogens with zero attached hydrogens (tertiary/aromatic N) is 2. The van der Waals surface area contributed by atoms with Gasteiger partial charge in [0.2, 0.25) is 0 Å². The molecule has 1 heterocycles. The minimum Gasteiger partial charge on any atom is -0.489 e. The van der Waals surface area contributed by atoms with Gasteiger partial charge in [-0.05, 0) is 48.9 Å². The number of halogens is 1. The molecule has 1 aromatic heterocycles. The maximum atomic E-state index is 13.1. The van der Waals surface area contributed by atoms with Crippen LogP contribution in [0, 0.1) is 12.7 Å². The first-order valence-electron chi connectivity index (χ1n) is 7.96. The quantitative estimate of drug-likeness (QED) is 0.563. The molecule has 4 nitrogen and oxygen atoms in total. The summed E-state index contributed by atoms with van der Waals surface area (Å²) < 4.78 is 19.0. The first-order valence-corrected chi connectivity index (χ1v) is 7.96. The second-order valence-corrected chi connectivity index (χ2v) is 5.86. The number of aryl methyl sites for hydroxylation is 1. The Kier molecular flexibility index (Phi) is 4.95. The molecule has 0 saturated carbocycles. The van der Waals surface area contributed by atoms with Gasteiger partial charge in [-0.25, -0.2) is 10.2 Å². The van der Waals surface area contributed by atoms with Crippen molar-refractivity contribution in [3.63, 3.8) is 0 Å². The van der Waals surface area contributed by atoms with Crippen LogP contribution >= 0.6 is 0 Å². The molecule has 0 amide bonds. The first-order chi connectivity index (χ1) is 12.0. The van der Waals surface area contributed by atoms with Gasteiger partial charge in [-0.15, -0.1) is 0 Å². The van der Waals surface area contributed by atoms with E-state index in [9.17, 15) is 4.39 Å². The summed E-state index contributed by atoms with van der Waals surface area (Å²) in [5.74, 6) is 6.33. The van der Waals surface area contributed by atoms with Gasteiger partial charge in [-0.1, -0.05) is 12.1 Å². The Labute approximate surface area is 146 Å². The molecule has 2 aromatic carbocycles. The summed E-state index contributed by atoms with van der Waals surface area (Å²) in [6.45, 7) is 2.43. The smallest absolute Gasteiger partial charge is 0.123 e. The molecule has 0 saturated heterocycles. The molecule has 0 unspecified atom stereocenters. The summed E-state index contributed by atoms with van der Waals surface area (Å²) in [6.07, 6.45) is 1.68. The molecule has 128 valence electrons. The third kappa shape index (κ3) is 3.95. The highest BCUT2D eigenvalue weighted by atomic mass is 19.1. The Morgan fingerprint density at radius 1 is 1.12 bits per heavy atom. The van der Waals surface area contributed by atoms with E-state index < -0.39 is 0 Å². The van der Waals surface area contributed by atoms with Crippen molar-refractivity contribution in [1.82, 2.24) is 4.98 Å². The van der Waals surface area contributed by atoms with Gasteiger partial charge in [0.15, 0.2) is 0 Å². The topological polar surface area (TPSA) is 51.4 Å². The fourth-order valence-electron chi connectivity index (χ4n) is 2.64. The highest BCUT2D eigenvalue weighted by Crippen LogP contribution is 2.25. The number of benzene rings is 2. The number of anilines is 1. The van der Waals surface area contributed by atoms with Crippen LogP contribution in [-0.2, 0) is 6.61 Å². The molecule has 0 atom stereocenters. The summed E-state index contributed by atoms with van der Waals surface area (Å²) in [5.41, 5.74) is 4.65. The minimum absolute atomic E-state index is 0.269. The van der Waals surface area contributed by atoms with E-state index in [-0.39, 0.29) is 5.82 Å². The molecular formula is C20H20FN3O. The number of pyridine rings is 1. The largest absolute Gasteiger partial charge is 0.489 e. The Morgan fingerprint density at radius 3 is 2.60 bits per heavy atom. The van der Waals surface area contributed by atoms with Gasteiger partial charge in [0.25, 0.3) is 0 Å². The number of ether oxygens (including phenoxy) is 1. The predicted octanol–water partition coefficient (Wildman–Crippen LogP) is 4.09. The fourth-order valence-corrected chi connectivity index (χ4v) is 2.64. The lowest BCUT2D eigenvalue weighted by Crippen LogP contribution is -2.26. The van der Waals surface area contributed by atoms with Crippen LogP contribution < -0.4 is 15.6 Å². The zero-order chi connectivity index (χ0) is 17.8. The van der Waals surface area contributed by atoms with Crippen LogP contribution in [0.25, 0.3) is 11.3 Å². The van der Waals surface area contributed by atoms with E-state index in [1.807, 2.05) is 31.2 Å². The molecule has 3 aromatic rings. The van der Waals surface area contributed by atoms with Crippen LogP contribution in [0.5, 0.6) is 5.75 Å². The van der Waals surface area contributed by atoms with Crippen LogP contribution in [0.1, 0.15) is 11.1 Å². The van der Waals surface area contributed by atoms with Gasteiger partial charge in [-0.2, -0.15) is 0 Å². The van der Waals surface area contributed by atoms with E-state index in [1.165, 1.54) is 12.1 Å². The molecular weight excluding hydrogens is 317 g/mol. The van der Waals surface area contributed by atoms with Crippen molar-refractivity contribution >= 4 is 5.69 Å². The molecule has 0 fully saturated rings. The van der Waals surface area contributed by atoms with Crippen molar-refractivity contribution in [1.29, 1.82) is 0 Å². The molecule has 0 aliphatic heterocycles. The summed E-state index contributed by atoms with van der Waals surface area (Å²) in [5, 5.41) is 1.59. The number of rotatable bonds is 5. The van der Waals surface area contributed by atoms with E-state index in [1.54, 1.807) is 36.5 Å². The first kappa shape index (κ1) is 16.9. The molecule has 0 aliphatic rings. The molecule has 0 bridgehead atoms. The van der Waals surface area contributed by atoms with Crippen molar-refractivity contribution in [2.75, 3.05) is 12.1 Å². The minimum atomic E-state index is -0.269. The highest BCUT2D eigenvalue weighted by molar-refractivity contribution is 5.60. The Bertz CT molecular complexity index is 863. The zero-order valence-corrected chi connectivity index (χ0v) is 14.2. The third-order valence-electron chi connectivity index (χ3n) is 4.02. The predicted molar refractivity (Wildman–Crippen MR) is 97.7 cm³/mol. The van der Waals surface area contributed by atoms with Crippen LogP contribution in [0.15, 0.2) is 60.8 Å². The maximum Gasteiger partial charge on any atom is 0.123 e. The molecule has 0 radical (unpaired) electrons. The highest BCUT2D eigenvalue weighted by Gasteiger charge is 2.09. The summed E-state index contributed by atoms with van der Waals surface area (Å²) >= 11 is 0. The van der Waals surface area contributed by atoms with Crippen molar-refractivity contribution in [3.8, 4) is 17.0 Å². The van der Waals surface area contributed by atoms with Gasteiger partial charge in [-0.3, -0.25) is 4.98 Å². The number of hydrogen-bond acceptors (Lipinski definition) is 4. The summed E-state index contributed by atoms with van der Waals surface area (Å²) in [6, 6.07) is 15.8. The fraction of sp³-hybridized carbons (Fsp3) is 0.150. The van der Waals surface area contributed by atoms with Crippen LogP contribution in [0.2, 0.25) is 0 Å². The molecule has 3 rings (SSSR count). The van der Waals surface area contributed by atoms with E-state index in [0.29, 0.717) is 12.4 Å². The second kappa shape index (κ2) is 7.32. The SMILES string of the molecule is Cc1cccc(N(C)N)c1COc1ccnc(-c2ccc(F)cc2)c1. The molecule has 25 heavy (non-hydrogen) atoms. The average molecular weight is 337 g/mol. The molecule has 5 heteroatoms. The van der Waals surface area contributed by atoms with E-state index in [2.05, 4.69) is 4.98 Å². The van der Waals surface area contributed by atoms with Crippen molar-refractivity contribution < 1.29 is 9.13 Å². The van der Waals surface area contributed by atoms with Gasteiger partial charge in [0, 0.05) is 30.4 Å². The Morgan fingerprint density at radius 2 is 1.88 bits per heavy atom. The zero-order valence-electron chi connectivity index (χ0n) is 14.2.